The molecule has 2 aromatic rings. The SMILES string of the molecule is COc1ccc(Cl)cc1NC(=O)COC(=O)[C@H](CC(C)C)N1C(=O)c2c(Cl)c(Cl)c(Cl)c(Cl)c2C1=O. The van der Waals surface area contributed by atoms with Crippen molar-refractivity contribution >= 4 is 87.4 Å². The van der Waals surface area contributed by atoms with Crippen LogP contribution in [0.1, 0.15) is 41.0 Å². The molecule has 1 heterocycles. The largest absolute Gasteiger partial charge is 0.495 e. The predicted molar refractivity (Wildman–Crippen MR) is 138 cm³/mol. The number of imide groups is 1. The molecule has 0 aromatic heterocycles. The summed E-state index contributed by atoms with van der Waals surface area (Å²) < 4.78 is 10.3. The minimum absolute atomic E-state index is 0.0464. The molecule has 1 atom stereocenters. The van der Waals surface area contributed by atoms with Crippen LogP contribution in [0.4, 0.5) is 5.69 Å². The summed E-state index contributed by atoms with van der Waals surface area (Å²) in [4.78, 5) is 52.6. The van der Waals surface area contributed by atoms with E-state index >= 15 is 0 Å². The van der Waals surface area contributed by atoms with Gasteiger partial charge in [-0.05, 0) is 30.5 Å². The first kappa shape index (κ1) is 28.3. The van der Waals surface area contributed by atoms with Gasteiger partial charge in [0.25, 0.3) is 17.7 Å². The highest BCUT2D eigenvalue weighted by atomic mass is 35.5. The van der Waals surface area contributed by atoms with Gasteiger partial charge in [-0.15, -0.1) is 0 Å². The summed E-state index contributed by atoms with van der Waals surface area (Å²) >= 11 is 30.4. The van der Waals surface area contributed by atoms with Gasteiger partial charge < -0.3 is 14.8 Å². The van der Waals surface area contributed by atoms with Crippen LogP contribution in [-0.4, -0.2) is 48.3 Å². The van der Waals surface area contributed by atoms with Crippen molar-refractivity contribution < 1.29 is 28.7 Å². The molecule has 0 aliphatic carbocycles. The van der Waals surface area contributed by atoms with Gasteiger partial charge in [0.05, 0.1) is 44.0 Å². The Bertz CT molecular complexity index is 1220. The molecule has 2 aromatic carbocycles. The third kappa shape index (κ3) is 5.53. The first-order valence-corrected chi connectivity index (χ1v) is 12.3. The van der Waals surface area contributed by atoms with Crippen LogP contribution in [0, 0.1) is 5.92 Å². The third-order valence-corrected chi connectivity index (χ3v) is 7.23. The number of benzene rings is 2. The number of ether oxygens (including phenoxy) is 2. The summed E-state index contributed by atoms with van der Waals surface area (Å²) in [6.45, 7) is 2.86. The van der Waals surface area contributed by atoms with Crippen molar-refractivity contribution in [2.24, 2.45) is 5.92 Å². The smallest absolute Gasteiger partial charge is 0.329 e. The predicted octanol–water partition coefficient (Wildman–Crippen LogP) is 6.15. The van der Waals surface area contributed by atoms with Crippen molar-refractivity contribution in [2.75, 3.05) is 19.0 Å². The zero-order chi connectivity index (χ0) is 26.9. The maximum absolute atomic E-state index is 13.2. The number of hydrogen-bond acceptors (Lipinski definition) is 6. The summed E-state index contributed by atoms with van der Waals surface area (Å²) in [7, 11) is 1.41. The van der Waals surface area contributed by atoms with Gasteiger partial charge in [0, 0.05) is 5.02 Å². The Hall–Kier alpha value is -2.23. The molecule has 0 bridgehead atoms. The van der Waals surface area contributed by atoms with Gasteiger partial charge in [0.15, 0.2) is 6.61 Å². The summed E-state index contributed by atoms with van der Waals surface area (Å²) in [5.41, 5.74) is -0.245. The van der Waals surface area contributed by atoms with Gasteiger partial charge in [0.2, 0.25) is 0 Å². The van der Waals surface area contributed by atoms with E-state index in [1.165, 1.54) is 13.2 Å². The fourth-order valence-corrected chi connectivity index (χ4v) is 4.79. The zero-order valence-electron chi connectivity index (χ0n) is 19.1. The molecule has 3 rings (SSSR count). The number of carbonyl (C=O) groups excluding carboxylic acids is 4. The Kier molecular flexibility index (Phi) is 9.01. The average Bonchev–Trinajstić information content (AvgIpc) is 3.08. The third-order valence-electron chi connectivity index (χ3n) is 5.19. The molecule has 36 heavy (non-hydrogen) atoms. The summed E-state index contributed by atoms with van der Waals surface area (Å²) in [5.74, 6) is -3.23. The number of halogens is 5. The molecule has 0 saturated carbocycles. The minimum Gasteiger partial charge on any atom is -0.495 e. The highest BCUT2D eigenvalue weighted by Crippen LogP contribution is 2.45. The topological polar surface area (TPSA) is 102 Å². The molecule has 0 unspecified atom stereocenters. The highest BCUT2D eigenvalue weighted by Gasteiger charge is 2.47. The number of nitrogens with one attached hydrogen (secondary N) is 1. The summed E-state index contributed by atoms with van der Waals surface area (Å²) in [6, 6.07) is 3.23. The Morgan fingerprint density at radius 3 is 2.00 bits per heavy atom. The number of nitrogens with zero attached hydrogens (tertiary/aromatic N) is 1. The molecule has 0 saturated heterocycles. The van der Waals surface area contributed by atoms with E-state index in [2.05, 4.69) is 5.32 Å². The van der Waals surface area contributed by atoms with E-state index in [4.69, 9.17) is 67.5 Å². The molecular formula is C23H19Cl5N2O6. The summed E-state index contributed by atoms with van der Waals surface area (Å²) in [5, 5.41) is 1.98. The van der Waals surface area contributed by atoms with Crippen LogP contribution in [0.3, 0.4) is 0 Å². The molecule has 3 amide bonds. The van der Waals surface area contributed by atoms with Gasteiger partial charge >= 0.3 is 5.97 Å². The first-order chi connectivity index (χ1) is 16.9. The lowest BCUT2D eigenvalue weighted by Crippen LogP contribution is -2.47. The number of esters is 1. The van der Waals surface area contributed by atoms with Crippen molar-refractivity contribution in [2.45, 2.75) is 26.3 Å². The lowest BCUT2D eigenvalue weighted by atomic mass is 10.0. The van der Waals surface area contributed by atoms with Crippen LogP contribution in [0.15, 0.2) is 18.2 Å². The zero-order valence-corrected chi connectivity index (χ0v) is 22.9. The molecule has 0 fully saturated rings. The lowest BCUT2D eigenvalue weighted by Gasteiger charge is -2.26. The second kappa shape index (κ2) is 11.4. The second-order valence-electron chi connectivity index (χ2n) is 8.13. The molecule has 1 aliphatic rings. The maximum Gasteiger partial charge on any atom is 0.329 e. The number of anilines is 1. The molecule has 0 radical (unpaired) electrons. The van der Waals surface area contributed by atoms with Gasteiger partial charge in [-0.2, -0.15) is 0 Å². The van der Waals surface area contributed by atoms with E-state index in [1.54, 1.807) is 26.0 Å². The minimum atomic E-state index is -1.37. The first-order valence-electron chi connectivity index (χ1n) is 10.4. The van der Waals surface area contributed by atoms with Crippen LogP contribution in [0.25, 0.3) is 0 Å². The Balaban J connectivity index is 1.83. The Labute approximate surface area is 231 Å². The van der Waals surface area contributed by atoms with E-state index < -0.39 is 36.3 Å². The Morgan fingerprint density at radius 1 is 0.944 bits per heavy atom. The van der Waals surface area contributed by atoms with Crippen LogP contribution >= 0.6 is 58.0 Å². The van der Waals surface area contributed by atoms with Crippen molar-refractivity contribution in [1.82, 2.24) is 4.90 Å². The maximum atomic E-state index is 13.2. The fourth-order valence-electron chi connectivity index (χ4n) is 3.60. The number of amides is 3. The van der Waals surface area contributed by atoms with Crippen LogP contribution in [0.5, 0.6) is 5.75 Å². The molecule has 1 aliphatic heterocycles. The van der Waals surface area contributed by atoms with Crippen molar-refractivity contribution in [1.29, 1.82) is 0 Å². The van der Waals surface area contributed by atoms with Crippen molar-refractivity contribution in [3.8, 4) is 5.75 Å². The van der Waals surface area contributed by atoms with Crippen molar-refractivity contribution in [3.05, 3.63) is 54.4 Å². The van der Waals surface area contributed by atoms with Crippen LogP contribution in [-0.2, 0) is 14.3 Å². The number of rotatable bonds is 8. The molecule has 13 heteroatoms. The number of methoxy groups -OCH3 is 1. The second-order valence-corrected chi connectivity index (χ2v) is 10.1. The number of hydrogen-bond donors (Lipinski definition) is 1. The van der Waals surface area contributed by atoms with E-state index in [1.807, 2.05) is 0 Å². The fraction of sp³-hybridized carbons (Fsp3) is 0.304. The van der Waals surface area contributed by atoms with Crippen LogP contribution < -0.4 is 10.1 Å². The highest BCUT2D eigenvalue weighted by molar-refractivity contribution is 6.55. The van der Waals surface area contributed by atoms with Crippen LogP contribution in [0.2, 0.25) is 25.1 Å². The van der Waals surface area contributed by atoms with Crippen molar-refractivity contribution in [3.63, 3.8) is 0 Å². The summed E-state index contributed by atoms with van der Waals surface area (Å²) in [6.07, 6.45) is 0.0464. The normalized spacial score (nSPS) is 13.6. The monoisotopic (exact) mass is 594 g/mol. The van der Waals surface area contributed by atoms with Gasteiger partial charge in [-0.1, -0.05) is 71.9 Å². The van der Waals surface area contributed by atoms with Gasteiger partial charge in [-0.25, -0.2) is 4.79 Å². The number of fused-ring (bicyclic) bond motifs is 1. The molecule has 0 spiro atoms. The molecular weight excluding hydrogens is 578 g/mol. The van der Waals surface area contributed by atoms with E-state index in [0.717, 1.165) is 0 Å². The van der Waals surface area contributed by atoms with E-state index in [9.17, 15) is 19.2 Å². The number of carbonyl (C=O) groups is 4. The molecule has 192 valence electrons. The van der Waals surface area contributed by atoms with Gasteiger partial charge in [-0.3, -0.25) is 19.3 Å². The lowest BCUT2D eigenvalue weighted by molar-refractivity contribution is -0.151. The quantitative estimate of drug-likeness (QED) is 0.170. The van der Waals surface area contributed by atoms with Gasteiger partial charge in [0.1, 0.15) is 11.8 Å². The molecule has 8 nitrogen and oxygen atoms in total. The van der Waals surface area contributed by atoms with E-state index in [0.29, 0.717) is 15.7 Å². The average molecular weight is 597 g/mol. The standard InChI is InChI=1S/C23H19Cl5N2O6/c1-9(2)6-12(23(34)36-8-14(31)29-11-7-10(24)4-5-13(11)35-3)30-21(32)15-16(22(30)33)18(26)20(28)19(27)17(15)25/h4-5,7,9,12H,6,8H2,1-3H3,(H,29,31)/t12-/m0/s1. The van der Waals surface area contributed by atoms with E-state index in [-0.39, 0.29) is 49.2 Å². The Morgan fingerprint density at radius 2 is 1.50 bits per heavy atom. The molecule has 1 N–H and O–H groups in total.